The summed E-state index contributed by atoms with van der Waals surface area (Å²) < 4.78 is 7.93. The van der Waals surface area contributed by atoms with Crippen LogP contribution in [0.3, 0.4) is 0 Å². The second-order valence-electron chi connectivity index (χ2n) is 6.22. The highest BCUT2D eigenvalue weighted by Crippen LogP contribution is 2.26. The van der Waals surface area contributed by atoms with Crippen molar-refractivity contribution >= 4 is 17.4 Å². The van der Waals surface area contributed by atoms with Gasteiger partial charge in [0.05, 0.1) is 19.2 Å². The standard InChI is InChI=1S/C16H21N5O2S/c1-11(15-19-18-14-5-2-6-21(14)15)17-16(22)20-7-8-23-12(10-20)13-4-3-9-24-13/h3-4,9,11-12H,2,5-8,10H2,1H3,(H,17,22)/t11-,12-/m0/s1. The van der Waals surface area contributed by atoms with E-state index in [0.717, 1.165) is 35.9 Å². The molecular formula is C16H21N5O2S. The number of urea groups is 1. The smallest absolute Gasteiger partial charge is 0.318 e. The zero-order valence-corrected chi connectivity index (χ0v) is 14.5. The number of nitrogens with one attached hydrogen (secondary N) is 1. The lowest BCUT2D eigenvalue weighted by Gasteiger charge is -2.33. The molecular weight excluding hydrogens is 326 g/mol. The second kappa shape index (κ2) is 6.52. The van der Waals surface area contributed by atoms with Crippen LogP contribution in [0, 0.1) is 0 Å². The summed E-state index contributed by atoms with van der Waals surface area (Å²) in [6.07, 6.45) is 2.04. The Labute approximate surface area is 144 Å². The van der Waals surface area contributed by atoms with Crippen LogP contribution in [-0.2, 0) is 17.7 Å². The van der Waals surface area contributed by atoms with Gasteiger partial charge in [-0.2, -0.15) is 0 Å². The number of hydrogen-bond acceptors (Lipinski definition) is 5. The number of aryl methyl sites for hydroxylation is 1. The fraction of sp³-hybridized carbons (Fsp3) is 0.562. The lowest BCUT2D eigenvalue weighted by Crippen LogP contribution is -2.47. The fourth-order valence-corrected chi connectivity index (χ4v) is 4.08. The molecule has 4 rings (SSSR count). The number of carbonyl (C=O) groups is 1. The van der Waals surface area contributed by atoms with E-state index in [-0.39, 0.29) is 18.2 Å². The molecule has 4 heterocycles. The minimum Gasteiger partial charge on any atom is -0.369 e. The SMILES string of the molecule is C[C@H](NC(=O)N1CCO[C@H](c2cccs2)C1)c1nnc2n1CCC2. The molecule has 2 aliphatic heterocycles. The summed E-state index contributed by atoms with van der Waals surface area (Å²) in [4.78, 5) is 15.6. The van der Waals surface area contributed by atoms with E-state index in [1.807, 2.05) is 23.3 Å². The molecule has 0 radical (unpaired) electrons. The van der Waals surface area contributed by atoms with Crippen LogP contribution in [0.1, 0.15) is 42.0 Å². The molecule has 2 aromatic rings. The number of amides is 2. The van der Waals surface area contributed by atoms with E-state index in [0.29, 0.717) is 19.7 Å². The summed E-state index contributed by atoms with van der Waals surface area (Å²) in [5.74, 6) is 1.87. The molecule has 1 N–H and O–H groups in total. The lowest BCUT2D eigenvalue weighted by molar-refractivity contribution is -0.0139. The fourth-order valence-electron chi connectivity index (χ4n) is 3.31. The Morgan fingerprint density at radius 3 is 3.21 bits per heavy atom. The molecule has 0 saturated carbocycles. The maximum atomic E-state index is 12.6. The molecule has 0 unspecified atom stereocenters. The van der Waals surface area contributed by atoms with E-state index < -0.39 is 0 Å². The van der Waals surface area contributed by atoms with Crippen molar-refractivity contribution in [2.75, 3.05) is 19.7 Å². The van der Waals surface area contributed by atoms with Crippen LogP contribution in [0.15, 0.2) is 17.5 Å². The Morgan fingerprint density at radius 1 is 1.46 bits per heavy atom. The number of ether oxygens (including phenoxy) is 1. The van der Waals surface area contributed by atoms with Gasteiger partial charge in [-0.05, 0) is 24.8 Å². The maximum Gasteiger partial charge on any atom is 0.318 e. The zero-order chi connectivity index (χ0) is 16.5. The van der Waals surface area contributed by atoms with E-state index in [2.05, 4.69) is 26.1 Å². The number of fused-ring (bicyclic) bond motifs is 1. The molecule has 2 aliphatic rings. The third-order valence-electron chi connectivity index (χ3n) is 4.58. The largest absolute Gasteiger partial charge is 0.369 e. The maximum absolute atomic E-state index is 12.6. The molecule has 0 aliphatic carbocycles. The number of nitrogens with zero attached hydrogens (tertiary/aromatic N) is 4. The molecule has 2 aromatic heterocycles. The van der Waals surface area contributed by atoms with E-state index in [4.69, 9.17) is 4.74 Å². The number of morpholine rings is 1. The molecule has 128 valence electrons. The third-order valence-corrected chi connectivity index (χ3v) is 5.54. The van der Waals surface area contributed by atoms with Crippen LogP contribution in [0.25, 0.3) is 0 Å². The number of hydrogen-bond donors (Lipinski definition) is 1. The molecule has 8 heteroatoms. The highest BCUT2D eigenvalue weighted by molar-refractivity contribution is 7.10. The van der Waals surface area contributed by atoms with Crippen molar-refractivity contribution < 1.29 is 9.53 Å². The molecule has 24 heavy (non-hydrogen) atoms. The predicted octanol–water partition coefficient (Wildman–Crippen LogP) is 2.13. The quantitative estimate of drug-likeness (QED) is 0.923. The molecule has 0 bridgehead atoms. The first kappa shape index (κ1) is 15.6. The van der Waals surface area contributed by atoms with Crippen LogP contribution in [-0.4, -0.2) is 45.4 Å². The number of thiophene rings is 1. The Hall–Kier alpha value is -1.93. The van der Waals surface area contributed by atoms with Gasteiger partial charge < -0.3 is 19.5 Å². The van der Waals surface area contributed by atoms with E-state index in [9.17, 15) is 4.79 Å². The zero-order valence-electron chi connectivity index (χ0n) is 13.6. The molecule has 2 amide bonds. The molecule has 0 spiro atoms. The molecule has 1 saturated heterocycles. The van der Waals surface area contributed by atoms with Gasteiger partial charge in [-0.25, -0.2) is 4.79 Å². The normalized spacial score (nSPS) is 21.5. The van der Waals surface area contributed by atoms with Gasteiger partial charge >= 0.3 is 6.03 Å². The third kappa shape index (κ3) is 2.91. The van der Waals surface area contributed by atoms with Crippen LogP contribution in [0.2, 0.25) is 0 Å². The van der Waals surface area contributed by atoms with Crippen LogP contribution in [0.4, 0.5) is 4.79 Å². The van der Waals surface area contributed by atoms with Crippen molar-refractivity contribution in [2.24, 2.45) is 0 Å². The monoisotopic (exact) mass is 347 g/mol. The van der Waals surface area contributed by atoms with Crippen molar-refractivity contribution in [1.29, 1.82) is 0 Å². The summed E-state index contributed by atoms with van der Waals surface area (Å²) in [6, 6.07) is 3.84. The average Bonchev–Trinajstić information content (AvgIpc) is 3.32. The van der Waals surface area contributed by atoms with Crippen LogP contribution < -0.4 is 5.32 Å². The lowest BCUT2D eigenvalue weighted by atomic mass is 10.2. The van der Waals surface area contributed by atoms with Gasteiger partial charge in [-0.15, -0.1) is 21.5 Å². The van der Waals surface area contributed by atoms with Crippen molar-refractivity contribution in [3.63, 3.8) is 0 Å². The Morgan fingerprint density at radius 2 is 2.38 bits per heavy atom. The van der Waals surface area contributed by atoms with E-state index >= 15 is 0 Å². The van der Waals surface area contributed by atoms with Gasteiger partial charge in [0.1, 0.15) is 11.9 Å². The minimum absolute atomic E-state index is 0.0304. The first-order valence-electron chi connectivity index (χ1n) is 8.35. The Balaban J connectivity index is 1.40. The summed E-state index contributed by atoms with van der Waals surface area (Å²) in [5.41, 5.74) is 0. The minimum atomic E-state index is -0.153. The summed E-state index contributed by atoms with van der Waals surface area (Å²) >= 11 is 1.66. The van der Waals surface area contributed by atoms with Crippen LogP contribution >= 0.6 is 11.3 Å². The highest BCUT2D eigenvalue weighted by atomic mass is 32.1. The van der Waals surface area contributed by atoms with Gasteiger partial charge in [0.2, 0.25) is 0 Å². The topological polar surface area (TPSA) is 72.3 Å². The van der Waals surface area contributed by atoms with Gasteiger partial charge in [-0.1, -0.05) is 6.07 Å². The number of aromatic nitrogens is 3. The summed E-state index contributed by atoms with van der Waals surface area (Å²) in [5, 5.41) is 13.6. The predicted molar refractivity (Wildman–Crippen MR) is 89.9 cm³/mol. The van der Waals surface area contributed by atoms with Crippen molar-refractivity contribution in [2.45, 2.75) is 38.5 Å². The van der Waals surface area contributed by atoms with Crippen LogP contribution in [0.5, 0.6) is 0 Å². The average molecular weight is 347 g/mol. The molecule has 2 atom stereocenters. The number of rotatable bonds is 3. The first-order valence-corrected chi connectivity index (χ1v) is 9.23. The van der Waals surface area contributed by atoms with E-state index in [1.54, 1.807) is 11.3 Å². The Bertz CT molecular complexity index is 714. The highest BCUT2D eigenvalue weighted by Gasteiger charge is 2.28. The van der Waals surface area contributed by atoms with Gasteiger partial charge in [-0.3, -0.25) is 0 Å². The van der Waals surface area contributed by atoms with Gasteiger partial charge in [0.25, 0.3) is 0 Å². The van der Waals surface area contributed by atoms with Crippen molar-refractivity contribution in [1.82, 2.24) is 25.0 Å². The second-order valence-corrected chi connectivity index (χ2v) is 7.20. The summed E-state index contributed by atoms with van der Waals surface area (Å²) in [6.45, 7) is 4.65. The van der Waals surface area contributed by atoms with Gasteiger partial charge in [0, 0.05) is 24.4 Å². The van der Waals surface area contributed by atoms with E-state index in [1.165, 1.54) is 0 Å². The molecule has 0 aromatic carbocycles. The molecule has 7 nitrogen and oxygen atoms in total. The first-order chi connectivity index (χ1) is 11.7. The Kier molecular flexibility index (Phi) is 4.24. The van der Waals surface area contributed by atoms with Crippen molar-refractivity contribution in [3.8, 4) is 0 Å². The molecule has 1 fully saturated rings. The van der Waals surface area contributed by atoms with Gasteiger partial charge in [0.15, 0.2) is 5.82 Å². The van der Waals surface area contributed by atoms with Crippen molar-refractivity contribution in [3.05, 3.63) is 34.0 Å². The number of carbonyl (C=O) groups excluding carboxylic acids is 1. The summed E-state index contributed by atoms with van der Waals surface area (Å²) in [7, 11) is 0.